The number of furan rings is 1. The molecule has 0 amide bonds. The Morgan fingerprint density at radius 2 is 1.79 bits per heavy atom. The van der Waals surface area contributed by atoms with Crippen LogP contribution in [-0.2, 0) is 32.1 Å². The van der Waals surface area contributed by atoms with E-state index in [1.54, 1.807) is 12.1 Å². The van der Waals surface area contributed by atoms with Crippen molar-refractivity contribution in [1.29, 1.82) is 0 Å². The number of nitrogens with one attached hydrogen (secondary N) is 1. The molecule has 2 unspecified atom stereocenters. The number of esters is 2. The minimum absolute atomic E-state index is 0.184. The van der Waals surface area contributed by atoms with E-state index in [2.05, 4.69) is 21.2 Å². The van der Waals surface area contributed by atoms with Gasteiger partial charge in [0.15, 0.2) is 4.67 Å². The molecule has 152 valence electrons. The van der Waals surface area contributed by atoms with Gasteiger partial charge in [-0.1, -0.05) is 44.2 Å². The highest BCUT2D eigenvalue weighted by atomic mass is 79.9. The third-order valence-corrected chi connectivity index (χ3v) is 4.56. The van der Waals surface area contributed by atoms with Crippen molar-refractivity contribution in [3.63, 3.8) is 0 Å². The van der Waals surface area contributed by atoms with E-state index >= 15 is 0 Å². The Balaban J connectivity index is 2.07. The third-order valence-electron chi connectivity index (χ3n) is 4.14. The molecule has 1 aromatic heterocycles. The first-order chi connectivity index (χ1) is 13.4. The topological polar surface area (TPSA) is 77.8 Å². The summed E-state index contributed by atoms with van der Waals surface area (Å²) in [5.41, 5.74) is 0.907. The number of ether oxygens (including phenoxy) is 2. The molecular formula is C21H26BrNO5. The van der Waals surface area contributed by atoms with Crippen LogP contribution in [0.15, 0.2) is 51.6 Å². The van der Waals surface area contributed by atoms with Crippen LogP contribution in [0.3, 0.4) is 0 Å². The van der Waals surface area contributed by atoms with Crippen LogP contribution >= 0.6 is 15.9 Å². The van der Waals surface area contributed by atoms with Gasteiger partial charge in [0.2, 0.25) is 0 Å². The first-order valence-corrected chi connectivity index (χ1v) is 9.97. The van der Waals surface area contributed by atoms with Gasteiger partial charge >= 0.3 is 11.9 Å². The molecule has 0 spiro atoms. The van der Waals surface area contributed by atoms with Crippen molar-refractivity contribution in [3.8, 4) is 0 Å². The van der Waals surface area contributed by atoms with E-state index in [0.29, 0.717) is 16.9 Å². The minimum atomic E-state index is -0.726. The molecular weight excluding hydrogens is 426 g/mol. The highest BCUT2D eigenvalue weighted by Gasteiger charge is 2.29. The molecule has 1 heterocycles. The van der Waals surface area contributed by atoms with Crippen LogP contribution in [0.4, 0.5) is 0 Å². The van der Waals surface area contributed by atoms with Gasteiger partial charge in [0.1, 0.15) is 24.5 Å². The molecule has 0 bridgehead atoms. The second kappa shape index (κ2) is 11.0. The zero-order valence-corrected chi connectivity index (χ0v) is 17.9. The monoisotopic (exact) mass is 451 g/mol. The molecule has 0 radical (unpaired) electrons. The Morgan fingerprint density at radius 1 is 1.07 bits per heavy atom. The van der Waals surface area contributed by atoms with Crippen LogP contribution in [0.5, 0.6) is 0 Å². The van der Waals surface area contributed by atoms with E-state index in [-0.39, 0.29) is 18.9 Å². The first-order valence-electron chi connectivity index (χ1n) is 9.17. The molecule has 2 rings (SSSR count). The van der Waals surface area contributed by atoms with Crippen molar-refractivity contribution in [1.82, 2.24) is 5.32 Å². The fourth-order valence-electron chi connectivity index (χ4n) is 2.79. The average Bonchev–Trinajstić information content (AvgIpc) is 3.09. The van der Waals surface area contributed by atoms with Crippen molar-refractivity contribution >= 4 is 27.9 Å². The van der Waals surface area contributed by atoms with Gasteiger partial charge in [-0.05, 0) is 46.0 Å². The van der Waals surface area contributed by atoms with Gasteiger partial charge < -0.3 is 13.9 Å². The number of benzene rings is 1. The summed E-state index contributed by atoms with van der Waals surface area (Å²) in [6.07, 6.45) is 0.793. The lowest BCUT2D eigenvalue weighted by Gasteiger charge is -2.24. The zero-order chi connectivity index (χ0) is 20.5. The Morgan fingerprint density at radius 3 is 2.36 bits per heavy atom. The molecule has 2 aromatic rings. The molecule has 1 N–H and O–H groups in total. The molecule has 0 aliphatic carbocycles. The Labute approximate surface area is 173 Å². The summed E-state index contributed by atoms with van der Waals surface area (Å²) in [4.78, 5) is 24.9. The molecule has 0 fully saturated rings. The maximum atomic E-state index is 12.7. The summed E-state index contributed by atoms with van der Waals surface area (Å²) in [6, 6.07) is 11.6. The number of methoxy groups -OCH3 is 1. The first kappa shape index (κ1) is 22.2. The van der Waals surface area contributed by atoms with Crippen LogP contribution in [0, 0.1) is 5.92 Å². The summed E-state index contributed by atoms with van der Waals surface area (Å²) in [7, 11) is 1.32. The second-order valence-corrected chi connectivity index (χ2v) is 7.71. The fourth-order valence-corrected chi connectivity index (χ4v) is 3.13. The molecule has 1 aromatic carbocycles. The molecule has 0 aliphatic heterocycles. The van der Waals surface area contributed by atoms with Crippen molar-refractivity contribution in [3.05, 3.63) is 58.5 Å². The van der Waals surface area contributed by atoms with Gasteiger partial charge in [0, 0.05) is 6.42 Å². The van der Waals surface area contributed by atoms with Crippen molar-refractivity contribution in [2.24, 2.45) is 5.92 Å². The number of halogens is 1. The molecule has 6 nitrogen and oxygen atoms in total. The van der Waals surface area contributed by atoms with Gasteiger partial charge in [-0.3, -0.25) is 14.9 Å². The second-order valence-electron chi connectivity index (χ2n) is 6.93. The van der Waals surface area contributed by atoms with E-state index in [9.17, 15) is 9.59 Å². The maximum Gasteiger partial charge on any atom is 0.323 e. The zero-order valence-electron chi connectivity index (χ0n) is 16.3. The standard InChI is InChI=1S/C21H26BrNO5/c1-14(2)11-17(21(25)27-13-15-7-5-4-6-8-15)23-18(20(24)26-3)12-16-9-10-19(22)28-16/h4-10,14,17-18,23H,11-13H2,1-3H3. The number of hydrogen-bond acceptors (Lipinski definition) is 6. The van der Waals surface area contributed by atoms with Gasteiger partial charge in [0.05, 0.1) is 7.11 Å². The predicted molar refractivity (Wildman–Crippen MR) is 109 cm³/mol. The lowest BCUT2D eigenvalue weighted by atomic mass is 10.0. The Kier molecular flexibility index (Phi) is 8.73. The summed E-state index contributed by atoms with van der Waals surface area (Å²) in [6.45, 7) is 4.20. The van der Waals surface area contributed by atoms with Crippen molar-refractivity contribution < 1.29 is 23.5 Å². The van der Waals surface area contributed by atoms with Gasteiger partial charge in [-0.25, -0.2) is 0 Å². The van der Waals surface area contributed by atoms with Crippen LogP contribution in [0.25, 0.3) is 0 Å². The van der Waals surface area contributed by atoms with E-state index < -0.39 is 24.0 Å². The number of carbonyl (C=O) groups excluding carboxylic acids is 2. The largest absolute Gasteiger partial charge is 0.468 e. The summed E-state index contributed by atoms with van der Waals surface area (Å²) >= 11 is 3.25. The Hall–Kier alpha value is -2.12. The highest BCUT2D eigenvalue weighted by Crippen LogP contribution is 2.17. The van der Waals surface area contributed by atoms with Gasteiger partial charge in [0.25, 0.3) is 0 Å². The molecule has 7 heteroatoms. The third kappa shape index (κ3) is 7.13. The quantitative estimate of drug-likeness (QED) is 0.552. The average molecular weight is 452 g/mol. The fraction of sp³-hybridized carbons (Fsp3) is 0.429. The van der Waals surface area contributed by atoms with Crippen LogP contribution in [0.2, 0.25) is 0 Å². The highest BCUT2D eigenvalue weighted by molar-refractivity contribution is 9.10. The van der Waals surface area contributed by atoms with Crippen LogP contribution in [0.1, 0.15) is 31.6 Å². The summed E-state index contributed by atoms with van der Waals surface area (Å²) in [5, 5.41) is 3.11. The van der Waals surface area contributed by atoms with Crippen molar-refractivity contribution in [2.75, 3.05) is 7.11 Å². The normalized spacial score (nSPS) is 13.2. The molecule has 0 saturated heterocycles. The van der Waals surface area contributed by atoms with Gasteiger partial charge in [-0.15, -0.1) is 0 Å². The number of rotatable bonds is 10. The van der Waals surface area contributed by atoms with Crippen molar-refractivity contribution in [2.45, 2.75) is 45.4 Å². The molecule has 0 saturated carbocycles. The molecule has 2 atom stereocenters. The van der Waals surface area contributed by atoms with E-state index in [1.165, 1.54) is 7.11 Å². The number of hydrogen-bond donors (Lipinski definition) is 1. The van der Waals surface area contributed by atoms with Crippen LogP contribution < -0.4 is 5.32 Å². The van der Waals surface area contributed by atoms with E-state index in [4.69, 9.17) is 13.9 Å². The smallest absolute Gasteiger partial charge is 0.323 e. The van der Waals surface area contributed by atoms with Crippen LogP contribution in [-0.4, -0.2) is 31.1 Å². The Bertz CT molecular complexity index is 759. The summed E-state index contributed by atoms with van der Waals surface area (Å²) < 4.78 is 16.4. The lowest BCUT2D eigenvalue weighted by molar-refractivity contribution is -0.149. The predicted octanol–water partition coefficient (Wildman–Crippen LogP) is 3.87. The SMILES string of the molecule is COC(=O)C(Cc1ccc(Br)o1)NC(CC(C)C)C(=O)OCc1ccccc1. The van der Waals surface area contributed by atoms with Gasteiger partial charge in [-0.2, -0.15) is 0 Å². The maximum absolute atomic E-state index is 12.7. The minimum Gasteiger partial charge on any atom is -0.468 e. The van der Waals surface area contributed by atoms with E-state index in [1.807, 2.05) is 44.2 Å². The lowest BCUT2D eigenvalue weighted by Crippen LogP contribution is -2.49. The van der Waals surface area contributed by atoms with E-state index in [0.717, 1.165) is 5.56 Å². The summed E-state index contributed by atoms with van der Waals surface area (Å²) in [5.74, 6) is -0.0160. The molecule has 0 aliphatic rings. The number of carbonyl (C=O) groups is 2. The molecule has 28 heavy (non-hydrogen) atoms.